The van der Waals surface area contributed by atoms with Crippen molar-refractivity contribution in [2.24, 2.45) is 5.10 Å². The molecule has 1 aromatic heterocycles. The van der Waals surface area contributed by atoms with E-state index in [1.54, 1.807) is 18.2 Å². The van der Waals surface area contributed by atoms with E-state index < -0.39 is 0 Å². The first-order chi connectivity index (χ1) is 11.5. The predicted octanol–water partition coefficient (Wildman–Crippen LogP) is 2.78. The lowest BCUT2D eigenvalue weighted by Gasteiger charge is -2.28. The number of carbonyl (C=O) groups excluding carboxylic acids is 2. The second-order valence-corrected chi connectivity index (χ2v) is 7.54. The maximum Gasteiger partial charge on any atom is 0.265 e. The number of hydrogen-bond acceptors (Lipinski definition) is 5. The van der Waals surface area contributed by atoms with Crippen LogP contribution in [0.3, 0.4) is 0 Å². The van der Waals surface area contributed by atoms with Gasteiger partial charge in [-0.05, 0) is 47.1 Å². The van der Waals surface area contributed by atoms with Gasteiger partial charge in [0.1, 0.15) is 12.3 Å². The van der Waals surface area contributed by atoms with Gasteiger partial charge in [0, 0.05) is 0 Å². The topological polar surface area (TPSA) is 71.0 Å². The molecule has 0 aliphatic carbocycles. The number of ether oxygens (including phenoxy) is 1. The van der Waals surface area contributed by atoms with Crippen LogP contribution in [0.5, 0.6) is 5.75 Å². The van der Waals surface area contributed by atoms with E-state index in [2.05, 4.69) is 26.5 Å². The highest BCUT2D eigenvalue weighted by atomic mass is 79.9. The van der Waals surface area contributed by atoms with Crippen molar-refractivity contribution in [1.82, 2.24) is 5.43 Å². The highest BCUT2D eigenvalue weighted by Crippen LogP contribution is 2.31. The molecule has 0 saturated heterocycles. The van der Waals surface area contributed by atoms with Crippen molar-refractivity contribution in [3.8, 4) is 5.75 Å². The number of benzene rings is 1. The molecule has 124 valence electrons. The summed E-state index contributed by atoms with van der Waals surface area (Å²) >= 11 is 4.92. The second kappa shape index (κ2) is 7.14. The zero-order valence-electron chi connectivity index (χ0n) is 12.8. The van der Waals surface area contributed by atoms with Crippen LogP contribution < -0.4 is 15.1 Å². The molecule has 2 aromatic rings. The van der Waals surface area contributed by atoms with Gasteiger partial charge < -0.3 is 4.74 Å². The number of anilines is 1. The quantitative estimate of drug-likeness (QED) is 0.625. The van der Waals surface area contributed by atoms with Gasteiger partial charge in [0.15, 0.2) is 6.61 Å². The zero-order chi connectivity index (χ0) is 17.1. The molecule has 0 atom stereocenters. The first-order valence-corrected chi connectivity index (χ1v) is 8.76. The van der Waals surface area contributed by atoms with Crippen molar-refractivity contribution in [2.45, 2.75) is 6.92 Å². The lowest BCUT2D eigenvalue weighted by atomic mass is 10.2. The minimum Gasteiger partial charge on any atom is -0.482 e. The number of hydrogen-bond donors (Lipinski definition) is 1. The molecule has 1 aromatic carbocycles. The molecular weight excluding hydrogens is 394 g/mol. The molecule has 24 heavy (non-hydrogen) atoms. The van der Waals surface area contributed by atoms with Crippen LogP contribution in [-0.2, 0) is 9.59 Å². The maximum atomic E-state index is 12.1. The van der Waals surface area contributed by atoms with Gasteiger partial charge in [0.2, 0.25) is 0 Å². The lowest BCUT2D eigenvalue weighted by Crippen LogP contribution is -2.44. The average Bonchev–Trinajstić information content (AvgIpc) is 3.02. The van der Waals surface area contributed by atoms with Crippen molar-refractivity contribution in [3.63, 3.8) is 0 Å². The molecule has 0 radical (unpaired) electrons. The maximum absolute atomic E-state index is 12.1. The Labute approximate surface area is 151 Å². The fourth-order valence-electron chi connectivity index (χ4n) is 2.22. The van der Waals surface area contributed by atoms with Gasteiger partial charge in [0.05, 0.1) is 20.1 Å². The molecule has 0 unspecified atom stereocenters. The smallest absolute Gasteiger partial charge is 0.265 e. The molecule has 1 N–H and O–H groups in total. The van der Waals surface area contributed by atoms with Crippen LogP contribution in [0, 0.1) is 0 Å². The van der Waals surface area contributed by atoms with E-state index in [-0.39, 0.29) is 25.0 Å². The summed E-state index contributed by atoms with van der Waals surface area (Å²) in [5.74, 6) is -0.0326. The van der Waals surface area contributed by atoms with Gasteiger partial charge in [-0.15, -0.1) is 11.3 Å². The summed E-state index contributed by atoms with van der Waals surface area (Å²) in [6.45, 7) is 1.63. The molecule has 0 fully saturated rings. The summed E-state index contributed by atoms with van der Waals surface area (Å²) < 4.78 is 6.35. The van der Waals surface area contributed by atoms with Gasteiger partial charge in [-0.3, -0.25) is 14.5 Å². The Morgan fingerprint density at radius 3 is 2.92 bits per heavy atom. The summed E-state index contributed by atoms with van der Waals surface area (Å²) in [6, 6.07) is 11.0. The molecule has 8 heteroatoms. The number of rotatable bonds is 4. The first-order valence-electron chi connectivity index (χ1n) is 7.15. The van der Waals surface area contributed by atoms with Crippen LogP contribution in [0.4, 0.5) is 5.69 Å². The lowest BCUT2D eigenvalue weighted by molar-refractivity contribution is -0.125. The van der Waals surface area contributed by atoms with Crippen molar-refractivity contribution in [2.75, 3.05) is 18.1 Å². The van der Waals surface area contributed by atoms with E-state index in [0.29, 0.717) is 17.1 Å². The fraction of sp³-hybridized carbons (Fsp3) is 0.188. The Hall–Kier alpha value is -2.19. The molecule has 1 aliphatic rings. The van der Waals surface area contributed by atoms with E-state index in [1.165, 1.54) is 16.2 Å². The van der Waals surface area contributed by atoms with Crippen LogP contribution in [0.15, 0.2) is 45.3 Å². The number of fused-ring (bicyclic) bond motifs is 1. The number of hydrazone groups is 1. The van der Waals surface area contributed by atoms with Gasteiger partial charge in [-0.25, -0.2) is 5.43 Å². The van der Waals surface area contributed by atoms with E-state index in [9.17, 15) is 9.59 Å². The normalized spacial score (nSPS) is 14.2. The molecule has 2 amide bonds. The number of carbonyl (C=O) groups is 2. The largest absolute Gasteiger partial charge is 0.482 e. The predicted molar refractivity (Wildman–Crippen MR) is 96.7 cm³/mol. The van der Waals surface area contributed by atoms with Gasteiger partial charge in [-0.2, -0.15) is 5.10 Å². The summed E-state index contributed by atoms with van der Waals surface area (Å²) in [6.07, 6.45) is 0. The molecule has 0 saturated carbocycles. The van der Waals surface area contributed by atoms with Gasteiger partial charge in [-0.1, -0.05) is 12.1 Å². The van der Waals surface area contributed by atoms with E-state index in [0.717, 1.165) is 8.66 Å². The first kappa shape index (κ1) is 16.7. The zero-order valence-corrected chi connectivity index (χ0v) is 15.2. The van der Waals surface area contributed by atoms with Crippen LogP contribution in [0.2, 0.25) is 0 Å². The molecule has 0 spiro atoms. The summed E-state index contributed by atoms with van der Waals surface area (Å²) in [7, 11) is 0. The van der Waals surface area contributed by atoms with Gasteiger partial charge >= 0.3 is 0 Å². The Bertz CT molecular complexity index is 818. The number of para-hydroxylation sites is 2. The van der Waals surface area contributed by atoms with E-state index in [1.807, 2.05) is 25.1 Å². The number of thiophene rings is 1. The number of halogens is 1. The van der Waals surface area contributed by atoms with Crippen LogP contribution in [0.25, 0.3) is 0 Å². The summed E-state index contributed by atoms with van der Waals surface area (Å²) in [5.41, 5.74) is 3.79. The van der Waals surface area contributed by atoms with Gasteiger partial charge in [0.25, 0.3) is 11.8 Å². The number of amides is 2. The summed E-state index contributed by atoms with van der Waals surface area (Å²) in [4.78, 5) is 26.5. The minimum atomic E-state index is -0.366. The fourth-order valence-corrected chi connectivity index (χ4v) is 3.55. The molecule has 3 rings (SSSR count). The highest BCUT2D eigenvalue weighted by Gasteiger charge is 2.26. The number of nitrogens with zero attached hydrogens (tertiary/aromatic N) is 2. The van der Waals surface area contributed by atoms with Crippen molar-refractivity contribution in [3.05, 3.63) is 45.1 Å². The minimum absolute atomic E-state index is 0.0736. The molecular formula is C16H14BrN3O3S. The highest BCUT2D eigenvalue weighted by molar-refractivity contribution is 9.11. The second-order valence-electron chi connectivity index (χ2n) is 5.07. The van der Waals surface area contributed by atoms with E-state index >= 15 is 0 Å². The third-order valence-corrected chi connectivity index (χ3v) is 5.12. The average molecular weight is 408 g/mol. The Morgan fingerprint density at radius 1 is 1.38 bits per heavy atom. The standard InChI is InChI=1S/C16H14BrN3O3S/c1-10(13-6-7-14(17)24-13)18-19-15(21)8-20-11-4-2-3-5-12(11)23-9-16(20)22/h2-7H,8-9H2,1H3,(H,19,21)/b18-10-. The Kier molecular flexibility index (Phi) is 4.96. The third-order valence-electron chi connectivity index (χ3n) is 3.39. The number of nitrogens with one attached hydrogen (secondary N) is 1. The van der Waals surface area contributed by atoms with E-state index in [4.69, 9.17) is 4.74 Å². The molecule has 6 nitrogen and oxygen atoms in total. The van der Waals surface area contributed by atoms with Crippen molar-refractivity contribution < 1.29 is 14.3 Å². The molecule has 1 aliphatic heterocycles. The monoisotopic (exact) mass is 407 g/mol. The summed E-state index contributed by atoms with van der Waals surface area (Å²) in [5, 5.41) is 4.09. The SMILES string of the molecule is C/C(=N/NC(=O)CN1C(=O)COc2ccccc21)c1ccc(Br)s1. The van der Waals surface area contributed by atoms with Crippen LogP contribution in [0.1, 0.15) is 11.8 Å². The molecule has 2 heterocycles. The molecule has 0 bridgehead atoms. The van der Waals surface area contributed by atoms with Crippen LogP contribution in [-0.4, -0.2) is 30.7 Å². The van der Waals surface area contributed by atoms with Crippen molar-refractivity contribution in [1.29, 1.82) is 0 Å². The van der Waals surface area contributed by atoms with Crippen LogP contribution >= 0.6 is 27.3 Å². The Balaban J connectivity index is 1.68. The van der Waals surface area contributed by atoms with Crippen molar-refractivity contribution >= 4 is 50.5 Å². The Morgan fingerprint density at radius 2 is 2.17 bits per heavy atom. The third kappa shape index (κ3) is 3.65.